The van der Waals surface area contributed by atoms with Crippen molar-refractivity contribution in [3.05, 3.63) is 23.1 Å². The Hall–Kier alpha value is -2.41. The van der Waals surface area contributed by atoms with Gasteiger partial charge in [0.15, 0.2) is 0 Å². The third-order valence-corrected chi connectivity index (χ3v) is 9.24. The summed E-state index contributed by atoms with van der Waals surface area (Å²) in [6, 6.07) is -0.650. The summed E-state index contributed by atoms with van der Waals surface area (Å²) in [4.78, 5) is 39.6. The molecule has 0 aromatic carbocycles. The third kappa shape index (κ3) is 3.23. The molecule has 0 unspecified atom stereocenters. The van der Waals surface area contributed by atoms with E-state index in [4.69, 9.17) is 4.74 Å². The van der Waals surface area contributed by atoms with Gasteiger partial charge in [-0.25, -0.2) is 4.57 Å². The second-order valence-corrected chi connectivity index (χ2v) is 10.8. The lowest BCUT2D eigenvalue weighted by Gasteiger charge is -2.47. The second-order valence-electron chi connectivity index (χ2n) is 9.02. The Morgan fingerprint density at radius 1 is 1.44 bits per heavy atom. The van der Waals surface area contributed by atoms with E-state index in [-0.39, 0.29) is 41.6 Å². The van der Waals surface area contributed by atoms with E-state index in [0.717, 1.165) is 14.7 Å². The summed E-state index contributed by atoms with van der Waals surface area (Å²) in [5.41, 5.74) is 0.477. The number of methoxy groups -OCH3 is 1. The Labute approximate surface area is 204 Å². The molecular weight excluding hydrogens is 480 g/mol. The number of thioether (sulfide) groups is 1. The van der Waals surface area contributed by atoms with Gasteiger partial charge in [0.2, 0.25) is 15.8 Å². The quantitative estimate of drug-likeness (QED) is 0.230. The fourth-order valence-electron chi connectivity index (χ4n) is 5.62. The van der Waals surface area contributed by atoms with Crippen LogP contribution < -0.4 is 15.0 Å². The number of carboxylic acids is 1. The Morgan fingerprint density at radius 2 is 2.18 bits per heavy atom. The number of aliphatic carboxylic acids is 1. The Kier molecular flexibility index (Phi) is 5.74. The van der Waals surface area contributed by atoms with E-state index < -0.39 is 18.0 Å². The van der Waals surface area contributed by atoms with Gasteiger partial charge in [-0.2, -0.15) is 4.40 Å². The molecule has 34 heavy (non-hydrogen) atoms. The first kappa shape index (κ1) is 23.3. The highest BCUT2D eigenvalue weighted by Crippen LogP contribution is 2.51. The van der Waals surface area contributed by atoms with Gasteiger partial charge in [-0.1, -0.05) is 30.0 Å². The van der Waals surface area contributed by atoms with Gasteiger partial charge >= 0.3 is 5.97 Å². The maximum Gasteiger partial charge on any atom is 0.323 e. The van der Waals surface area contributed by atoms with E-state index in [0.29, 0.717) is 18.5 Å². The first-order chi connectivity index (χ1) is 16.2. The number of carbonyl (C=O) groups excluding carboxylic acids is 3. The van der Waals surface area contributed by atoms with Gasteiger partial charge in [-0.15, -0.1) is 0 Å². The number of nitrogens with zero attached hydrogens (tertiary/aromatic N) is 3. The Morgan fingerprint density at radius 3 is 2.79 bits per heavy atom. The molecule has 2 N–H and O–H groups in total. The van der Waals surface area contributed by atoms with Crippen LogP contribution in [0.2, 0.25) is 0 Å². The van der Waals surface area contributed by atoms with Crippen molar-refractivity contribution in [3.8, 4) is 0 Å². The lowest BCUT2D eigenvalue weighted by molar-refractivity contribution is -0.750. The SMILES string of the molecule is COC(=O)[C@@H]1C[C@@H]([n+]2cn3cc(C4=C(C(=O)[O-])N5C(=O)[C@H]([C@@H](C)O)[C@H]5[C@H]4C)sc3c2SC)CN1. The zero-order chi connectivity index (χ0) is 24.5. The number of imidazole rings is 1. The lowest BCUT2D eigenvalue weighted by atomic mass is 9.77. The molecule has 12 heteroatoms. The second kappa shape index (κ2) is 8.36. The average molecular weight is 507 g/mol. The first-order valence-corrected chi connectivity index (χ1v) is 13.1. The number of aliphatic hydroxyl groups is 1. The minimum absolute atomic E-state index is 0.0804. The van der Waals surface area contributed by atoms with Crippen LogP contribution in [0.5, 0.6) is 0 Å². The van der Waals surface area contributed by atoms with E-state index in [9.17, 15) is 24.6 Å². The van der Waals surface area contributed by atoms with Gasteiger partial charge in [0.1, 0.15) is 18.3 Å². The number of carbonyl (C=O) groups is 3. The van der Waals surface area contributed by atoms with E-state index in [2.05, 4.69) is 9.88 Å². The number of hydrogen-bond acceptors (Lipinski definition) is 9. The van der Waals surface area contributed by atoms with Crippen molar-refractivity contribution >= 4 is 51.3 Å². The number of fused-ring (bicyclic) bond motifs is 2. The maximum absolute atomic E-state index is 12.6. The van der Waals surface area contributed by atoms with Crippen LogP contribution in [0.3, 0.4) is 0 Å². The predicted molar refractivity (Wildman–Crippen MR) is 122 cm³/mol. The van der Waals surface area contributed by atoms with Crippen LogP contribution in [-0.2, 0) is 19.1 Å². The van der Waals surface area contributed by atoms with Crippen molar-refractivity contribution in [2.45, 2.75) is 49.5 Å². The van der Waals surface area contributed by atoms with Gasteiger partial charge < -0.3 is 30.0 Å². The Bertz CT molecular complexity index is 1230. The van der Waals surface area contributed by atoms with Crippen LogP contribution in [0.15, 0.2) is 23.2 Å². The van der Waals surface area contributed by atoms with Crippen molar-refractivity contribution < 1.29 is 33.9 Å². The third-order valence-electron chi connectivity index (χ3n) is 7.17. The van der Waals surface area contributed by atoms with Crippen LogP contribution in [0, 0.1) is 11.8 Å². The van der Waals surface area contributed by atoms with Crippen molar-refractivity contribution in [3.63, 3.8) is 0 Å². The standard InChI is InChI=1S/C22H26N4O6S2/c1-9-14(17(21(29)30)26-16(9)15(10(2)27)18(26)28)13-7-24-8-25(20(33-4)19(24)34-13)11-5-12(23-6-11)22(31)32-3/h7-12,15-16,23,27H,5-6H2,1-4H3/t9-,10+,11+,12-,15+,16+/m0/s1. The molecule has 182 valence electrons. The van der Waals surface area contributed by atoms with Crippen molar-refractivity contribution in [2.24, 2.45) is 11.8 Å². The molecule has 0 spiro atoms. The van der Waals surface area contributed by atoms with Crippen molar-refractivity contribution in [1.29, 1.82) is 0 Å². The number of β-lactam (4-membered cyclic amide) rings is 1. The largest absolute Gasteiger partial charge is 0.543 e. The number of aliphatic hydroxyl groups excluding tert-OH is 1. The van der Waals surface area contributed by atoms with Crippen LogP contribution in [-0.4, -0.2) is 70.4 Å². The van der Waals surface area contributed by atoms with Crippen LogP contribution in [0.1, 0.15) is 31.2 Å². The normalized spacial score (nSPS) is 29.5. The van der Waals surface area contributed by atoms with E-state index in [1.54, 1.807) is 18.7 Å². The number of ether oxygens (including phenoxy) is 1. The van der Waals surface area contributed by atoms with Crippen LogP contribution >= 0.6 is 23.1 Å². The number of aromatic nitrogens is 2. The van der Waals surface area contributed by atoms with Crippen LogP contribution in [0.25, 0.3) is 10.4 Å². The van der Waals surface area contributed by atoms with E-state index in [1.807, 2.05) is 30.1 Å². The number of carboxylic acid groups (broad SMARTS) is 1. The number of esters is 1. The van der Waals surface area contributed by atoms with Gasteiger partial charge in [-0.05, 0) is 13.2 Å². The lowest BCUT2D eigenvalue weighted by Crippen LogP contribution is -2.64. The molecule has 6 atom stereocenters. The number of nitrogens with one attached hydrogen (secondary N) is 1. The van der Waals surface area contributed by atoms with Gasteiger partial charge in [0, 0.05) is 24.5 Å². The molecular formula is C22H26N4O6S2. The van der Waals surface area contributed by atoms with E-state index in [1.165, 1.54) is 23.3 Å². The van der Waals surface area contributed by atoms with Gasteiger partial charge in [-0.3, -0.25) is 9.59 Å². The molecule has 0 aliphatic carbocycles. The summed E-state index contributed by atoms with van der Waals surface area (Å²) in [5.74, 6) is -2.90. The smallest absolute Gasteiger partial charge is 0.323 e. The van der Waals surface area contributed by atoms with Gasteiger partial charge in [0.05, 0.1) is 41.7 Å². The molecule has 2 aromatic rings. The molecule has 10 nitrogen and oxygen atoms in total. The monoisotopic (exact) mass is 506 g/mol. The zero-order valence-electron chi connectivity index (χ0n) is 19.2. The first-order valence-electron chi connectivity index (χ1n) is 11.1. The number of amides is 1. The molecule has 5 rings (SSSR count). The fraction of sp³-hybridized carbons (Fsp3) is 0.545. The molecule has 1 amide bonds. The molecule has 2 aromatic heterocycles. The topological polar surface area (TPSA) is 127 Å². The molecule has 0 saturated carbocycles. The molecule has 2 saturated heterocycles. The summed E-state index contributed by atoms with van der Waals surface area (Å²) in [7, 11) is 1.38. The predicted octanol–water partition coefficient (Wildman–Crippen LogP) is -0.595. The molecule has 5 heterocycles. The van der Waals surface area contributed by atoms with Crippen molar-refractivity contribution in [2.75, 3.05) is 19.9 Å². The summed E-state index contributed by atoms with van der Waals surface area (Å²) in [5, 5.41) is 26.4. The molecule has 0 bridgehead atoms. The number of rotatable bonds is 6. The average Bonchev–Trinajstić information content (AvgIpc) is 3.52. The highest BCUT2D eigenvalue weighted by Gasteiger charge is 2.59. The van der Waals surface area contributed by atoms with Crippen LogP contribution in [0.4, 0.5) is 0 Å². The number of hydrogen-bond donors (Lipinski definition) is 2. The highest BCUT2D eigenvalue weighted by molar-refractivity contribution is 7.98. The maximum atomic E-state index is 12.6. The summed E-state index contributed by atoms with van der Waals surface area (Å²) >= 11 is 3.05. The fourth-order valence-corrected chi connectivity index (χ4v) is 7.84. The van der Waals surface area contributed by atoms with Crippen molar-refractivity contribution in [1.82, 2.24) is 14.6 Å². The summed E-state index contributed by atoms with van der Waals surface area (Å²) < 4.78 is 8.97. The molecule has 0 radical (unpaired) electrons. The molecule has 2 fully saturated rings. The minimum Gasteiger partial charge on any atom is -0.543 e. The molecule has 3 aliphatic heterocycles. The highest BCUT2D eigenvalue weighted by atomic mass is 32.2. The number of thiazole rings is 1. The van der Waals surface area contributed by atoms with E-state index >= 15 is 0 Å². The van der Waals surface area contributed by atoms with Gasteiger partial charge in [0.25, 0.3) is 6.33 Å². The molecule has 3 aliphatic rings. The Balaban J connectivity index is 1.52. The summed E-state index contributed by atoms with van der Waals surface area (Å²) in [6.45, 7) is 4.09. The zero-order valence-corrected chi connectivity index (χ0v) is 20.8. The summed E-state index contributed by atoms with van der Waals surface area (Å²) in [6.07, 6.45) is 5.59. The minimum atomic E-state index is -1.38.